The van der Waals surface area contributed by atoms with Crippen LogP contribution in [0.4, 0.5) is 0 Å². The molecule has 0 aromatic rings. The van der Waals surface area contributed by atoms with Crippen LogP contribution in [-0.4, -0.2) is 25.4 Å². The van der Waals surface area contributed by atoms with Crippen molar-refractivity contribution in [1.82, 2.24) is 0 Å². The van der Waals surface area contributed by atoms with Crippen LogP contribution in [0.1, 0.15) is 34.6 Å². The first kappa shape index (κ1) is 15.4. The highest BCUT2D eigenvalue weighted by molar-refractivity contribution is 4.89. The molecule has 0 saturated carbocycles. The van der Waals surface area contributed by atoms with Gasteiger partial charge in [0.05, 0.1) is 25.4 Å². The Bertz CT molecular complexity index is 209. The van der Waals surface area contributed by atoms with Gasteiger partial charge in [-0.15, -0.1) is 0 Å². The standard InChI is InChI=1S/C14H26O2/c1-10(2)8-15-13(6)12(5)14(7)16-9-11(3)4/h12-14H,1,3,8-9H2,2,4-7H3. The van der Waals surface area contributed by atoms with Crippen LogP contribution in [0, 0.1) is 5.92 Å². The summed E-state index contributed by atoms with van der Waals surface area (Å²) in [7, 11) is 0. The fourth-order valence-corrected chi connectivity index (χ4v) is 1.23. The van der Waals surface area contributed by atoms with Crippen molar-refractivity contribution in [3.63, 3.8) is 0 Å². The summed E-state index contributed by atoms with van der Waals surface area (Å²) in [4.78, 5) is 0. The van der Waals surface area contributed by atoms with E-state index in [0.29, 0.717) is 19.1 Å². The maximum absolute atomic E-state index is 5.69. The number of hydrogen-bond acceptors (Lipinski definition) is 2. The summed E-state index contributed by atoms with van der Waals surface area (Å²) in [5, 5.41) is 0. The normalized spacial score (nSPS) is 16.6. The lowest BCUT2D eigenvalue weighted by Gasteiger charge is -2.26. The Labute approximate surface area is 100 Å². The van der Waals surface area contributed by atoms with Crippen molar-refractivity contribution in [1.29, 1.82) is 0 Å². The van der Waals surface area contributed by atoms with E-state index in [4.69, 9.17) is 9.47 Å². The van der Waals surface area contributed by atoms with Crippen molar-refractivity contribution >= 4 is 0 Å². The monoisotopic (exact) mass is 226 g/mol. The molecule has 0 saturated heterocycles. The fourth-order valence-electron chi connectivity index (χ4n) is 1.23. The van der Waals surface area contributed by atoms with Crippen molar-refractivity contribution < 1.29 is 9.47 Å². The quantitative estimate of drug-likeness (QED) is 0.589. The van der Waals surface area contributed by atoms with Crippen LogP contribution in [0.5, 0.6) is 0 Å². The summed E-state index contributed by atoms with van der Waals surface area (Å²) in [5.74, 6) is 0.360. The molecule has 2 unspecified atom stereocenters. The molecule has 0 amide bonds. The van der Waals surface area contributed by atoms with Gasteiger partial charge >= 0.3 is 0 Å². The zero-order valence-corrected chi connectivity index (χ0v) is 11.4. The van der Waals surface area contributed by atoms with Gasteiger partial charge in [0, 0.05) is 5.92 Å². The summed E-state index contributed by atoms with van der Waals surface area (Å²) in [5.41, 5.74) is 2.10. The topological polar surface area (TPSA) is 18.5 Å². The largest absolute Gasteiger partial charge is 0.374 e. The van der Waals surface area contributed by atoms with E-state index in [1.54, 1.807) is 0 Å². The van der Waals surface area contributed by atoms with Crippen LogP contribution in [0.3, 0.4) is 0 Å². The van der Waals surface area contributed by atoms with E-state index in [0.717, 1.165) is 11.1 Å². The van der Waals surface area contributed by atoms with E-state index in [1.165, 1.54) is 0 Å². The third kappa shape index (κ3) is 6.81. The molecule has 0 heterocycles. The molecule has 0 fully saturated rings. The first-order valence-corrected chi connectivity index (χ1v) is 5.86. The molecule has 2 nitrogen and oxygen atoms in total. The highest BCUT2D eigenvalue weighted by atomic mass is 16.5. The SMILES string of the molecule is C=C(C)COC(C)C(C)C(C)OCC(=C)C. The molecule has 0 aliphatic rings. The van der Waals surface area contributed by atoms with E-state index in [2.05, 4.69) is 33.9 Å². The molecule has 0 aromatic carbocycles. The zero-order valence-electron chi connectivity index (χ0n) is 11.4. The minimum atomic E-state index is 0.178. The molecule has 0 radical (unpaired) electrons. The van der Waals surface area contributed by atoms with Gasteiger partial charge < -0.3 is 9.47 Å². The zero-order chi connectivity index (χ0) is 12.7. The molecule has 94 valence electrons. The Kier molecular flexibility index (Phi) is 7.35. The van der Waals surface area contributed by atoms with Gasteiger partial charge in [-0.25, -0.2) is 0 Å². The molecular formula is C14H26O2. The number of ether oxygens (including phenoxy) is 2. The predicted octanol–water partition coefficient (Wildman–Crippen LogP) is 3.58. The molecule has 2 atom stereocenters. The van der Waals surface area contributed by atoms with E-state index in [9.17, 15) is 0 Å². The van der Waals surface area contributed by atoms with E-state index in [-0.39, 0.29) is 12.2 Å². The smallest absolute Gasteiger partial charge is 0.0675 e. The molecule has 0 bridgehead atoms. The van der Waals surface area contributed by atoms with E-state index < -0.39 is 0 Å². The highest BCUT2D eigenvalue weighted by Gasteiger charge is 2.20. The summed E-state index contributed by atoms with van der Waals surface area (Å²) in [6, 6.07) is 0. The molecule has 2 heteroatoms. The van der Waals surface area contributed by atoms with Crippen molar-refractivity contribution in [2.75, 3.05) is 13.2 Å². The molecule has 0 spiro atoms. The van der Waals surface area contributed by atoms with Gasteiger partial charge in [0.2, 0.25) is 0 Å². The second kappa shape index (κ2) is 7.64. The molecule has 0 N–H and O–H groups in total. The van der Waals surface area contributed by atoms with Crippen LogP contribution < -0.4 is 0 Å². The average molecular weight is 226 g/mol. The predicted molar refractivity (Wildman–Crippen MR) is 69.6 cm³/mol. The van der Waals surface area contributed by atoms with Crippen LogP contribution in [-0.2, 0) is 9.47 Å². The lowest BCUT2D eigenvalue weighted by Crippen LogP contribution is -2.30. The minimum absolute atomic E-state index is 0.178. The van der Waals surface area contributed by atoms with Gasteiger partial charge in [0.25, 0.3) is 0 Å². The van der Waals surface area contributed by atoms with Crippen LogP contribution in [0.25, 0.3) is 0 Å². The van der Waals surface area contributed by atoms with E-state index >= 15 is 0 Å². The highest BCUT2D eigenvalue weighted by Crippen LogP contribution is 2.15. The Morgan fingerprint density at radius 3 is 1.44 bits per heavy atom. The maximum atomic E-state index is 5.69. The number of rotatable bonds is 8. The van der Waals surface area contributed by atoms with Gasteiger partial charge in [-0.1, -0.05) is 31.2 Å². The van der Waals surface area contributed by atoms with Gasteiger partial charge in [-0.2, -0.15) is 0 Å². The summed E-state index contributed by atoms with van der Waals surface area (Å²) in [6.07, 6.45) is 0.355. The Morgan fingerprint density at radius 2 is 1.19 bits per heavy atom. The van der Waals surface area contributed by atoms with Crippen LogP contribution in [0.15, 0.2) is 24.3 Å². The summed E-state index contributed by atoms with van der Waals surface area (Å²) >= 11 is 0. The number of hydrogen-bond donors (Lipinski definition) is 0. The van der Waals surface area contributed by atoms with Gasteiger partial charge in [-0.3, -0.25) is 0 Å². The molecule has 0 aromatic heterocycles. The third-order valence-electron chi connectivity index (χ3n) is 2.67. The van der Waals surface area contributed by atoms with Crippen molar-refractivity contribution in [3.8, 4) is 0 Å². The summed E-state index contributed by atoms with van der Waals surface area (Å²) in [6.45, 7) is 19.1. The first-order chi connectivity index (χ1) is 7.34. The maximum Gasteiger partial charge on any atom is 0.0675 e. The van der Waals surface area contributed by atoms with Crippen molar-refractivity contribution in [2.24, 2.45) is 5.92 Å². The Morgan fingerprint density at radius 1 is 0.875 bits per heavy atom. The fraction of sp³-hybridized carbons (Fsp3) is 0.714. The second-order valence-corrected chi connectivity index (χ2v) is 4.81. The van der Waals surface area contributed by atoms with E-state index in [1.807, 2.05) is 13.8 Å². The molecule has 0 rings (SSSR count). The first-order valence-electron chi connectivity index (χ1n) is 5.86. The van der Waals surface area contributed by atoms with Gasteiger partial charge in [0.1, 0.15) is 0 Å². The Hall–Kier alpha value is -0.600. The lowest BCUT2D eigenvalue weighted by atomic mass is 10.0. The lowest BCUT2D eigenvalue weighted by molar-refractivity contribution is -0.0327. The van der Waals surface area contributed by atoms with Gasteiger partial charge in [-0.05, 0) is 27.7 Å². The average Bonchev–Trinajstić information content (AvgIpc) is 2.21. The summed E-state index contributed by atoms with van der Waals surface area (Å²) < 4.78 is 11.4. The molecule has 0 aliphatic heterocycles. The third-order valence-corrected chi connectivity index (χ3v) is 2.67. The second-order valence-electron chi connectivity index (χ2n) is 4.81. The van der Waals surface area contributed by atoms with Crippen molar-refractivity contribution in [3.05, 3.63) is 24.3 Å². The van der Waals surface area contributed by atoms with Crippen LogP contribution >= 0.6 is 0 Å². The molecule has 16 heavy (non-hydrogen) atoms. The Balaban J connectivity index is 3.95. The minimum Gasteiger partial charge on any atom is -0.374 e. The van der Waals surface area contributed by atoms with Crippen molar-refractivity contribution in [2.45, 2.75) is 46.8 Å². The molecule has 0 aliphatic carbocycles. The van der Waals surface area contributed by atoms with Gasteiger partial charge in [0.15, 0.2) is 0 Å². The molecular weight excluding hydrogens is 200 g/mol. The van der Waals surface area contributed by atoms with Crippen LogP contribution in [0.2, 0.25) is 0 Å².